The van der Waals surface area contributed by atoms with Crippen LogP contribution in [-0.4, -0.2) is 20.1 Å². The number of rotatable bonds is 3. The van der Waals surface area contributed by atoms with E-state index in [0.29, 0.717) is 6.42 Å². The van der Waals surface area contributed by atoms with E-state index in [1.54, 1.807) is 0 Å². The van der Waals surface area contributed by atoms with E-state index in [1.807, 2.05) is 23.9 Å². The molecule has 0 saturated heterocycles. The standard InChI is InChI=1S/C17H17NO2S/c1-18-14-10-12(11-16(19)20-2)8-9-15(14)21-17(18)13-6-4-3-5-7-13/h3-10,17H,11H2,1-2H3. The van der Waals surface area contributed by atoms with E-state index in [-0.39, 0.29) is 11.3 Å². The highest BCUT2D eigenvalue weighted by molar-refractivity contribution is 8.00. The van der Waals surface area contributed by atoms with Gasteiger partial charge in [0.2, 0.25) is 0 Å². The number of hydrogen-bond donors (Lipinski definition) is 0. The first kappa shape index (κ1) is 14.0. The molecule has 108 valence electrons. The Balaban J connectivity index is 1.86. The molecule has 1 unspecified atom stereocenters. The molecule has 1 heterocycles. The first-order valence-electron chi connectivity index (χ1n) is 6.83. The average molecular weight is 299 g/mol. The lowest BCUT2D eigenvalue weighted by atomic mass is 10.1. The fourth-order valence-corrected chi connectivity index (χ4v) is 3.80. The SMILES string of the molecule is COC(=O)Cc1ccc2c(c1)N(C)C(c1ccccc1)S2. The number of carbonyl (C=O) groups is 1. The van der Waals surface area contributed by atoms with Gasteiger partial charge < -0.3 is 9.64 Å². The number of methoxy groups -OCH3 is 1. The highest BCUT2D eigenvalue weighted by Crippen LogP contribution is 2.50. The summed E-state index contributed by atoms with van der Waals surface area (Å²) in [5.74, 6) is -0.206. The predicted octanol–water partition coefficient (Wildman–Crippen LogP) is 3.64. The van der Waals surface area contributed by atoms with E-state index >= 15 is 0 Å². The van der Waals surface area contributed by atoms with Crippen LogP contribution in [0.25, 0.3) is 0 Å². The number of thioether (sulfide) groups is 1. The molecule has 0 amide bonds. The Morgan fingerprint density at radius 3 is 2.71 bits per heavy atom. The summed E-state index contributed by atoms with van der Waals surface area (Å²) in [4.78, 5) is 14.9. The largest absolute Gasteiger partial charge is 0.469 e. The van der Waals surface area contributed by atoms with Crippen molar-refractivity contribution >= 4 is 23.4 Å². The zero-order valence-corrected chi connectivity index (χ0v) is 12.9. The summed E-state index contributed by atoms with van der Waals surface area (Å²) in [7, 11) is 3.52. The van der Waals surface area contributed by atoms with E-state index in [0.717, 1.165) is 5.56 Å². The van der Waals surface area contributed by atoms with Crippen molar-refractivity contribution in [1.29, 1.82) is 0 Å². The fraction of sp³-hybridized carbons (Fsp3) is 0.235. The number of ether oxygens (including phenoxy) is 1. The quantitative estimate of drug-likeness (QED) is 0.809. The van der Waals surface area contributed by atoms with Crippen molar-refractivity contribution in [3.63, 3.8) is 0 Å². The van der Waals surface area contributed by atoms with Crippen molar-refractivity contribution in [2.45, 2.75) is 16.7 Å². The van der Waals surface area contributed by atoms with Gasteiger partial charge in [-0.05, 0) is 23.3 Å². The molecule has 0 fully saturated rings. The van der Waals surface area contributed by atoms with E-state index in [1.165, 1.54) is 23.3 Å². The number of anilines is 1. The molecule has 4 heteroatoms. The van der Waals surface area contributed by atoms with Gasteiger partial charge in [-0.3, -0.25) is 4.79 Å². The van der Waals surface area contributed by atoms with Gasteiger partial charge >= 0.3 is 5.97 Å². The lowest BCUT2D eigenvalue weighted by Gasteiger charge is -2.22. The summed E-state index contributed by atoms with van der Waals surface area (Å²) < 4.78 is 4.73. The van der Waals surface area contributed by atoms with Crippen LogP contribution < -0.4 is 4.90 Å². The summed E-state index contributed by atoms with van der Waals surface area (Å²) in [5.41, 5.74) is 3.45. The molecule has 3 rings (SSSR count). The lowest BCUT2D eigenvalue weighted by Crippen LogP contribution is -2.17. The van der Waals surface area contributed by atoms with Crippen molar-refractivity contribution in [2.24, 2.45) is 0 Å². The molecular formula is C17H17NO2S. The summed E-state index contributed by atoms with van der Waals surface area (Å²) in [6.07, 6.45) is 0.318. The van der Waals surface area contributed by atoms with Crippen molar-refractivity contribution in [1.82, 2.24) is 0 Å². The van der Waals surface area contributed by atoms with Crippen molar-refractivity contribution in [3.05, 3.63) is 59.7 Å². The zero-order chi connectivity index (χ0) is 14.8. The van der Waals surface area contributed by atoms with Crippen LogP contribution in [0.15, 0.2) is 53.4 Å². The van der Waals surface area contributed by atoms with Crippen LogP contribution in [0.2, 0.25) is 0 Å². The van der Waals surface area contributed by atoms with Crippen molar-refractivity contribution < 1.29 is 9.53 Å². The number of benzene rings is 2. The Hall–Kier alpha value is -1.94. The van der Waals surface area contributed by atoms with E-state index < -0.39 is 0 Å². The van der Waals surface area contributed by atoms with Gasteiger partial charge in [-0.15, -0.1) is 0 Å². The van der Waals surface area contributed by atoms with Gasteiger partial charge in [0.1, 0.15) is 5.37 Å². The second kappa shape index (κ2) is 5.82. The molecule has 1 atom stereocenters. The Morgan fingerprint density at radius 2 is 2.00 bits per heavy atom. The van der Waals surface area contributed by atoms with Gasteiger partial charge in [0, 0.05) is 11.9 Å². The monoisotopic (exact) mass is 299 g/mol. The van der Waals surface area contributed by atoms with Crippen LogP contribution in [0.5, 0.6) is 0 Å². The Kier molecular flexibility index (Phi) is 3.88. The normalized spacial score (nSPS) is 16.7. The zero-order valence-electron chi connectivity index (χ0n) is 12.1. The Bertz CT molecular complexity index is 657. The van der Waals surface area contributed by atoms with Crippen molar-refractivity contribution in [3.8, 4) is 0 Å². The number of fused-ring (bicyclic) bond motifs is 1. The van der Waals surface area contributed by atoms with Crippen LogP contribution >= 0.6 is 11.8 Å². The molecule has 0 aliphatic carbocycles. The maximum atomic E-state index is 11.4. The average Bonchev–Trinajstić information content (AvgIpc) is 2.85. The summed E-state index contributed by atoms with van der Waals surface area (Å²) >= 11 is 1.84. The number of esters is 1. The number of hydrogen-bond acceptors (Lipinski definition) is 4. The minimum atomic E-state index is -0.206. The lowest BCUT2D eigenvalue weighted by molar-refractivity contribution is -0.139. The van der Waals surface area contributed by atoms with Crippen molar-refractivity contribution in [2.75, 3.05) is 19.1 Å². The molecule has 2 aromatic rings. The molecule has 0 saturated carbocycles. The molecule has 0 radical (unpaired) electrons. The van der Waals surface area contributed by atoms with Gasteiger partial charge in [-0.25, -0.2) is 0 Å². The minimum absolute atomic E-state index is 0.206. The smallest absolute Gasteiger partial charge is 0.309 e. The summed E-state index contributed by atoms with van der Waals surface area (Å²) in [5, 5.41) is 0.287. The summed E-state index contributed by atoms with van der Waals surface area (Å²) in [6, 6.07) is 16.6. The van der Waals surface area contributed by atoms with Gasteiger partial charge in [0.25, 0.3) is 0 Å². The molecule has 0 bridgehead atoms. The first-order chi connectivity index (χ1) is 10.2. The fourth-order valence-electron chi connectivity index (χ4n) is 2.52. The van der Waals surface area contributed by atoms with Gasteiger partial charge in [0.15, 0.2) is 0 Å². The highest BCUT2D eigenvalue weighted by atomic mass is 32.2. The molecule has 3 nitrogen and oxygen atoms in total. The van der Waals surface area contributed by atoms with E-state index in [2.05, 4.69) is 48.3 Å². The third-order valence-corrected chi connectivity index (χ3v) is 5.07. The Morgan fingerprint density at radius 1 is 1.24 bits per heavy atom. The van der Waals surface area contributed by atoms with Crippen LogP contribution in [0.4, 0.5) is 5.69 Å². The third-order valence-electron chi connectivity index (χ3n) is 3.65. The predicted molar refractivity (Wildman–Crippen MR) is 85.6 cm³/mol. The molecule has 2 aromatic carbocycles. The van der Waals surface area contributed by atoms with Crippen LogP contribution in [0, 0.1) is 0 Å². The number of carbonyl (C=O) groups excluding carboxylic acids is 1. The van der Waals surface area contributed by atoms with Gasteiger partial charge in [0.05, 0.1) is 19.2 Å². The van der Waals surface area contributed by atoms with Crippen LogP contribution in [0.1, 0.15) is 16.5 Å². The first-order valence-corrected chi connectivity index (χ1v) is 7.71. The van der Waals surface area contributed by atoms with Gasteiger partial charge in [-0.1, -0.05) is 48.2 Å². The Labute approximate surface area is 128 Å². The molecule has 0 aromatic heterocycles. The minimum Gasteiger partial charge on any atom is -0.469 e. The molecule has 0 N–H and O–H groups in total. The molecule has 0 spiro atoms. The third kappa shape index (κ3) is 2.76. The molecular weight excluding hydrogens is 282 g/mol. The molecule has 21 heavy (non-hydrogen) atoms. The maximum Gasteiger partial charge on any atom is 0.309 e. The van der Waals surface area contributed by atoms with E-state index in [9.17, 15) is 4.79 Å². The van der Waals surface area contributed by atoms with E-state index in [4.69, 9.17) is 4.74 Å². The topological polar surface area (TPSA) is 29.5 Å². The molecule has 1 aliphatic heterocycles. The molecule has 1 aliphatic rings. The van der Waals surface area contributed by atoms with Crippen LogP contribution in [0.3, 0.4) is 0 Å². The number of nitrogens with zero attached hydrogens (tertiary/aromatic N) is 1. The van der Waals surface area contributed by atoms with Crippen LogP contribution in [-0.2, 0) is 16.0 Å². The second-order valence-corrected chi connectivity index (χ2v) is 6.17. The second-order valence-electron chi connectivity index (χ2n) is 5.05. The maximum absolute atomic E-state index is 11.4. The summed E-state index contributed by atoms with van der Waals surface area (Å²) in [6.45, 7) is 0. The van der Waals surface area contributed by atoms with Gasteiger partial charge in [-0.2, -0.15) is 0 Å². The highest BCUT2D eigenvalue weighted by Gasteiger charge is 2.28.